The van der Waals surface area contributed by atoms with E-state index >= 15 is 0 Å². The first-order chi connectivity index (χ1) is 6.26. The van der Waals surface area contributed by atoms with E-state index in [1.54, 1.807) is 0 Å². The molecule has 0 aliphatic rings. The van der Waals surface area contributed by atoms with Crippen LogP contribution in [0.5, 0.6) is 0 Å². The Morgan fingerprint density at radius 2 is 2.00 bits per heavy atom. The third-order valence-corrected chi connectivity index (χ3v) is 2.19. The summed E-state index contributed by atoms with van der Waals surface area (Å²) in [5.74, 6) is 0. The van der Waals surface area contributed by atoms with Crippen LogP contribution >= 0.6 is 0 Å². The maximum atomic E-state index is 4.08. The van der Waals surface area contributed by atoms with Gasteiger partial charge in [-0.05, 0) is 19.9 Å². The summed E-state index contributed by atoms with van der Waals surface area (Å²) in [4.78, 5) is 2.35. The molecular formula is C11H24N2. The van der Waals surface area contributed by atoms with E-state index in [0.29, 0.717) is 0 Å². The number of nitrogens with one attached hydrogen (secondary N) is 1. The molecule has 0 fully saturated rings. The molecule has 0 atom stereocenters. The van der Waals surface area contributed by atoms with Crippen molar-refractivity contribution in [2.45, 2.75) is 33.6 Å². The van der Waals surface area contributed by atoms with Crippen molar-refractivity contribution in [1.29, 1.82) is 0 Å². The van der Waals surface area contributed by atoms with E-state index < -0.39 is 0 Å². The first kappa shape index (κ1) is 12.5. The molecule has 0 amide bonds. The van der Waals surface area contributed by atoms with Gasteiger partial charge < -0.3 is 10.2 Å². The number of unbranched alkanes of at least 4 members (excludes halogenated alkanes) is 1. The Balaban J connectivity index is 3.71. The van der Waals surface area contributed by atoms with Gasteiger partial charge in [-0.25, -0.2) is 0 Å². The maximum Gasteiger partial charge on any atom is 0.0349 e. The van der Waals surface area contributed by atoms with E-state index in [-0.39, 0.29) is 0 Å². The first-order valence-corrected chi connectivity index (χ1v) is 5.39. The molecule has 2 heteroatoms. The van der Waals surface area contributed by atoms with Crippen LogP contribution in [0, 0.1) is 0 Å². The lowest BCUT2D eigenvalue weighted by Gasteiger charge is -2.25. The van der Waals surface area contributed by atoms with Gasteiger partial charge in [0.15, 0.2) is 0 Å². The molecule has 2 nitrogen and oxygen atoms in total. The number of hydrogen-bond donors (Lipinski definition) is 1. The van der Waals surface area contributed by atoms with Crippen molar-refractivity contribution in [3.05, 3.63) is 12.3 Å². The van der Waals surface area contributed by atoms with Gasteiger partial charge in [-0.3, -0.25) is 0 Å². The normalized spacial score (nSPS) is 10.1. The van der Waals surface area contributed by atoms with E-state index in [1.165, 1.54) is 18.5 Å². The van der Waals surface area contributed by atoms with Crippen LogP contribution in [0.15, 0.2) is 12.3 Å². The zero-order valence-electron chi connectivity index (χ0n) is 9.40. The molecule has 0 radical (unpaired) electrons. The molecule has 13 heavy (non-hydrogen) atoms. The lowest BCUT2D eigenvalue weighted by molar-refractivity contribution is 0.345. The highest BCUT2D eigenvalue weighted by Crippen LogP contribution is 2.02. The Morgan fingerprint density at radius 3 is 2.46 bits per heavy atom. The van der Waals surface area contributed by atoms with Gasteiger partial charge in [0.25, 0.3) is 0 Å². The van der Waals surface area contributed by atoms with E-state index in [1.807, 2.05) is 0 Å². The highest BCUT2D eigenvalue weighted by molar-refractivity contribution is 4.95. The van der Waals surface area contributed by atoms with Crippen LogP contribution in [0.25, 0.3) is 0 Å². The molecule has 0 aromatic rings. The Labute approximate surface area is 83.0 Å². The second-order valence-corrected chi connectivity index (χ2v) is 3.28. The number of rotatable bonds is 8. The van der Waals surface area contributed by atoms with Gasteiger partial charge in [0, 0.05) is 25.3 Å². The average Bonchev–Trinajstić information content (AvgIpc) is 2.16. The van der Waals surface area contributed by atoms with Crippen LogP contribution in [0.3, 0.4) is 0 Å². The summed E-state index contributed by atoms with van der Waals surface area (Å²) in [5.41, 5.74) is 1.22. The Morgan fingerprint density at radius 1 is 1.31 bits per heavy atom. The second kappa shape index (κ2) is 8.11. The topological polar surface area (TPSA) is 15.3 Å². The molecule has 0 heterocycles. The van der Waals surface area contributed by atoms with E-state index in [4.69, 9.17) is 0 Å². The lowest BCUT2D eigenvalue weighted by atomic mass is 10.3. The standard InChI is InChI=1S/C11H24N2/c1-5-8-9-13(7-3)11(4)10-12-6-2/h12H,4-10H2,1-3H3. The largest absolute Gasteiger partial charge is 0.375 e. The fourth-order valence-electron chi connectivity index (χ4n) is 1.27. The molecule has 0 aliphatic heterocycles. The van der Waals surface area contributed by atoms with Gasteiger partial charge in [0.1, 0.15) is 0 Å². The van der Waals surface area contributed by atoms with Crippen molar-refractivity contribution >= 4 is 0 Å². The van der Waals surface area contributed by atoms with Gasteiger partial charge in [0.05, 0.1) is 0 Å². The molecule has 0 bridgehead atoms. The number of likely N-dealkylation sites (N-methyl/N-ethyl adjacent to an activating group) is 2. The van der Waals surface area contributed by atoms with Crippen LogP contribution in [0.4, 0.5) is 0 Å². The average molecular weight is 184 g/mol. The third kappa shape index (κ3) is 5.69. The van der Waals surface area contributed by atoms with Gasteiger partial charge in [-0.15, -0.1) is 0 Å². The van der Waals surface area contributed by atoms with Crippen molar-refractivity contribution in [3.63, 3.8) is 0 Å². The van der Waals surface area contributed by atoms with Gasteiger partial charge in [-0.1, -0.05) is 26.8 Å². The molecule has 0 aliphatic carbocycles. The molecule has 0 saturated heterocycles. The van der Waals surface area contributed by atoms with Crippen LogP contribution in [0.1, 0.15) is 33.6 Å². The highest BCUT2D eigenvalue weighted by atomic mass is 15.1. The summed E-state index contributed by atoms with van der Waals surface area (Å²) >= 11 is 0. The van der Waals surface area contributed by atoms with Crippen molar-refractivity contribution in [2.75, 3.05) is 26.2 Å². The molecule has 0 rings (SSSR count). The summed E-state index contributed by atoms with van der Waals surface area (Å²) in [6.45, 7) is 14.8. The van der Waals surface area contributed by atoms with Crippen molar-refractivity contribution in [2.24, 2.45) is 0 Å². The molecular weight excluding hydrogens is 160 g/mol. The Kier molecular flexibility index (Phi) is 7.80. The van der Waals surface area contributed by atoms with Crippen molar-refractivity contribution in [3.8, 4) is 0 Å². The Hall–Kier alpha value is -0.500. The van der Waals surface area contributed by atoms with Crippen LogP contribution < -0.4 is 5.32 Å². The smallest absolute Gasteiger partial charge is 0.0349 e. The molecule has 0 unspecified atom stereocenters. The second-order valence-electron chi connectivity index (χ2n) is 3.28. The number of nitrogens with zero attached hydrogens (tertiary/aromatic N) is 1. The lowest BCUT2D eigenvalue weighted by Crippen LogP contribution is -2.30. The fraction of sp³-hybridized carbons (Fsp3) is 0.818. The summed E-state index contributed by atoms with van der Waals surface area (Å²) in [7, 11) is 0. The third-order valence-electron chi connectivity index (χ3n) is 2.19. The van der Waals surface area contributed by atoms with Gasteiger partial charge in [0.2, 0.25) is 0 Å². The van der Waals surface area contributed by atoms with E-state index in [0.717, 1.165) is 26.2 Å². The Bertz CT molecular complexity index is 132. The van der Waals surface area contributed by atoms with Crippen LogP contribution in [-0.4, -0.2) is 31.1 Å². The van der Waals surface area contributed by atoms with Gasteiger partial charge >= 0.3 is 0 Å². The summed E-state index contributed by atoms with van der Waals surface area (Å²) in [6, 6.07) is 0. The minimum absolute atomic E-state index is 0.925. The maximum absolute atomic E-state index is 4.08. The molecule has 0 spiro atoms. The number of hydrogen-bond acceptors (Lipinski definition) is 2. The molecule has 78 valence electrons. The molecule has 0 aromatic carbocycles. The van der Waals surface area contributed by atoms with Crippen LogP contribution in [-0.2, 0) is 0 Å². The van der Waals surface area contributed by atoms with E-state index in [9.17, 15) is 0 Å². The van der Waals surface area contributed by atoms with Crippen molar-refractivity contribution < 1.29 is 0 Å². The predicted molar refractivity (Wildman–Crippen MR) is 59.8 cm³/mol. The summed E-state index contributed by atoms with van der Waals surface area (Å²) < 4.78 is 0. The quantitative estimate of drug-likeness (QED) is 0.622. The summed E-state index contributed by atoms with van der Waals surface area (Å²) in [6.07, 6.45) is 2.52. The minimum Gasteiger partial charge on any atom is -0.375 e. The zero-order valence-corrected chi connectivity index (χ0v) is 9.40. The molecule has 0 aromatic heterocycles. The van der Waals surface area contributed by atoms with Crippen molar-refractivity contribution in [1.82, 2.24) is 10.2 Å². The molecule has 0 saturated carbocycles. The minimum atomic E-state index is 0.925. The monoisotopic (exact) mass is 184 g/mol. The van der Waals surface area contributed by atoms with Crippen LogP contribution in [0.2, 0.25) is 0 Å². The summed E-state index contributed by atoms with van der Waals surface area (Å²) in [5, 5.41) is 3.30. The van der Waals surface area contributed by atoms with Gasteiger partial charge in [-0.2, -0.15) is 0 Å². The first-order valence-electron chi connectivity index (χ1n) is 5.39. The zero-order chi connectivity index (χ0) is 10.1. The highest BCUT2D eigenvalue weighted by Gasteiger charge is 2.02. The molecule has 1 N–H and O–H groups in total. The SMILES string of the molecule is C=C(CNCC)N(CC)CCCC. The fourth-order valence-corrected chi connectivity index (χ4v) is 1.27. The predicted octanol–water partition coefficient (Wildman–Crippen LogP) is 2.23. The van der Waals surface area contributed by atoms with E-state index in [2.05, 4.69) is 37.6 Å².